The molecule has 0 saturated heterocycles. The van der Waals surface area contributed by atoms with E-state index in [1.165, 1.54) is 0 Å². The first-order valence-corrected chi connectivity index (χ1v) is 5.71. The average Bonchev–Trinajstić information content (AvgIpc) is 1.84. The molecule has 0 aromatic rings. The molecule has 0 fully saturated rings. The Labute approximate surface area is 74.4 Å². The third-order valence-electron chi connectivity index (χ3n) is 1.12. The summed E-state index contributed by atoms with van der Waals surface area (Å²) in [7, 11) is -3.13. The topological polar surface area (TPSA) is 55.4 Å². The van der Waals surface area contributed by atoms with E-state index in [2.05, 4.69) is 4.72 Å². The maximum atomic E-state index is 11.1. The summed E-state index contributed by atoms with van der Waals surface area (Å²) in [4.78, 5) is 0. The van der Waals surface area contributed by atoms with E-state index in [1.54, 1.807) is 13.8 Å². The molecule has 4 nitrogen and oxygen atoms in total. The Bertz CT molecular complexity index is 199. The van der Waals surface area contributed by atoms with E-state index in [4.69, 9.17) is 4.74 Å². The van der Waals surface area contributed by atoms with Gasteiger partial charge in [-0.05, 0) is 20.8 Å². The van der Waals surface area contributed by atoms with Gasteiger partial charge in [-0.3, -0.25) is 0 Å². The van der Waals surface area contributed by atoms with Gasteiger partial charge >= 0.3 is 0 Å². The van der Waals surface area contributed by atoms with Crippen LogP contribution in [0.3, 0.4) is 0 Å². The zero-order valence-electron chi connectivity index (χ0n) is 7.83. The largest absolute Gasteiger partial charge is 0.381 e. The summed E-state index contributed by atoms with van der Waals surface area (Å²) in [5.74, 6) is 0.0407. The Morgan fingerprint density at radius 1 is 1.42 bits per heavy atom. The smallest absolute Gasteiger partial charge is 0.214 e. The van der Waals surface area contributed by atoms with E-state index in [1.807, 2.05) is 6.92 Å². The van der Waals surface area contributed by atoms with Crippen molar-refractivity contribution in [3.63, 3.8) is 0 Å². The number of ether oxygens (including phenoxy) is 1. The van der Waals surface area contributed by atoms with Crippen molar-refractivity contribution >= 4 is 10.0 Å². The lowest BCUT2D eigenvalue weighted by Gasteiger charge is -2.08. The maximum Gasteiger partial charge on any atom is 0.214 e. The second-order valence-corrected chi connectivity index (χ2v) is 4.66. The summed E-state index contributed by atoms with van der Waals surface area (Å²) in [6.07, 6.45) is 0. The summed E-state index contributed by atoms with van der Waals surface area (Å²) < 4.78 is 29.7. The van der Waals surface area contributed by atoms with Crippen LogP contribution in [0.5, 0.6) is 0 Å². The van der Waals surface area contributed by atoms with Gasteiger partial charge in [-0.2, -0.15) is 0 Å². The second-order valence-electron chi connectivity index (χ2n) is 2.79. The molecule has 0 aliphatic rings. The molecule has 0 bridgehead atoms. The monoisotopic (exact) mass is 195 g/mol. The third-order valence-corrected chi connectivity index (χ3v) is 2.65. The fraction of sp³-hybridized carbons (Fsp3) is 1.00. The van der Waals surface area contributed by atoms with Crippen molar-refractivity contribution in [3.05, 3.63) is 0 Å². The van der Waals surface area contributed by atoms with E-state index < -0.39 is 10.0 Å². The van der Waals surface area contributed by atoms with Crippen molar-refractivity contribution in [1.82, 2.24) is 4.72 Å². The first-order chi connectivity index (χ1) is 5.48. The number of hydrogen-bond acceptors (Lipinski definition) is 3. The minimum Gasteiger partial charge on any atom is -0.381 e. The highest BCUT2D eigenvalue weighted by molar-refractivity contribution is 7.89. The highest BCUT2D eigenvalue weighted by Gasteiger charge is 2.10. The van der Waals surface area contributed by atoms with Crippen LogP contribution in [0.4, 0.5) is 0 Å². The van der Waals surface area contributed by atoms with Crippen molar-refractivity contribution < 1.29 is 13.2 Å². The molecule has 0 aromatic heterocycles. The van der Waals surface area contributed by atoms with Gasteiger partial charge in [0.05, 0.1) is 12.4 Å². The van der Waals surface area contributed by atoms with Crippen LogP contribution in [0.1, 0.15) is 20.8 Å². The Morgan fingerprint density at radius 3 is 2.42 bits per heavy atom. The molecule has 5 heteroatoms. The van der Waals surface area contributed by atoms with E-state index in [0.717, 1.165) is 0 Å². The average molecular weight is 195 g/mol. The van der Waals surface area contributed by atoms with Crippen molar-refractivity contribution in [2.45, 2.75) is 26.8 Å². The van der Waals surface area contributed by atoms with Gasteiger partial charge in [-0.25, -0.2) is 13.1 Å². The van der Waals surface area contributed by atoms with E-state index in [9.17, 15) is 8.42 Å². The Balaban J connectivity index is 3.73. The third kappa shape index (κ3) is 6.57. The Hall–Kier alpha value is -0.130. The molecule has 0 heterocycles. The molecule has 0 amide bonds. The van der Waals surface area contributed by atoms with Crippen LogP contribution in [0.25, 0.3) is 0 Å². The highest BCUT2D eigenvalue weighted by atomic mass is 32.2. The molecule has 1 N–H and O–H groups in total. The summed E-state index contributed by atoms with van der Waals surface area (Å²) in [6, 6.07) is -0.0448. The normalized spacial score (nSPS) is 12.3. The SMILES string of the molecule is CCOCCS(=O)(=O)NC(C)C. The lowest BCUT2D eigenvalue weighted by Crippen LogP contribution is -2.33. The van der Waals surface area contributed by atoms with E-state index in [-0.39, 0.29) is 18.4 Å². The fourth-order valence-electron chi connectivity index (χ4n) is 0.731. The Kier molecular flexibility index (Phi) is 5.44. The molecule has 0 spiro atoms. The van der Waals surface area contributed by atoms with Crippen LogP contribution in [-0.4, -0.2) is 33.4 Å². The van der Waals surface area contributed by atoms with Crippen molar-refractivity contribution in [3.8, 4) is 0 Å². The van der Waals surface area contributed by atoms with Crippen LogP contribution in [0.15, 0.2) is 0 Å². The summed E-state index contributed by atoms with van der Waals surface area (Å²) >= 11 is 0. The molecule has 12 heavy (non-hydrogen) atoms. The molecule has 0 unspecified atom stereocenters. The molecule has 0 aromatic carbocycles. The fourth-order valence-corrected chi connectivity index (χ4v) is 1.90. The highest BCUT2D eigenvalue weighted by Crippen LogP contribution is 1.88. The van der Waals surface area contributed by atoms with Gasteiger partial charge in [0.1, 0.15) is 0 Å². The van der Waals surface area contributed by atoms with Crippen molar-refractivity contribution in [2.75, 3.05) is 19.0 Å². The minimum atomic E-state index is -3.13. The quantitative estimate of drug-likeness (QED) is 0.622. The summed E-state index contributed by atoms with van der Waals surface area (Å²) in [5, 5.41) is 0. The number of nitrogens with one attached hydrogen (secondary N) is 1. The van der Waals surface area contributed by atoms with Crippen LogP contribution in [-0.2, 0) is 14.8 Å². The number of sulfonamides is 1. The molecule has 0 atom stereocenters. The first-order valence-electron chi connectivity index (χ1n) is 4.05. The zero-order valence-corrected chi connectivity index (χ0v) is 8.65. The predicted octanol–water partition coefficient (Wildman–Crippen LogP) is 0.351. The molecule has 0 radical (unpaired) electrons. The Morgan fingerprint density at radius 2 is 2.00 bits per heavy atom. The lowest BCUT2D eigenvalue weighted by atomic mass is 10.4. The van der Waals surface area contributed by atoms with Gasteiger partial charge in [-0.15, -0.1) is 0 Å². The van der Waals surface area contributed by atoms with E-state index >= 15 is 0 Å². The molecule has 0 rings (SSSR count). The van der Waals surface area contributed by atoms with Crippen molar-refractivity contribution in [2.24, 2.45) is 0 Å². The van der Waals surface area contributed by atoms with Crippen molar-refractivity contribution in [1.29, 1.82) is 0 Å². The standard InChI is InChI=1S/C7H17NO3S/c1-4-11-5-6-12(9,10)8-7(2)3/h7-8H,4-6H2,1-3H3. The molecule has 0 saturated carbocycles. The van der Waals surface area contributed by atoms with Gasteiger partial charge < -0.3 is 4.74 Å². The zero-order chi connectivity index (χ0) is 9.61. The molecule has 0 aliphatic heterocycles. The van der Waals surface area contributed by atoms with E-state index in [0.29, 0.717) is 6.61 Å². The minimum absolute atomic E-state index is 0.0407. The van der Waals surface area contributed by atoms with Crippen LogP contribution in [0, 0.1) is 0 Å². The summed E-state index contributed by atoms with van der Waals surface area (Å²) in [5.41, 5.74) is 0. The van der Waals surface area contributed by atoms with Gasteiger partial charge in [-0.1, -0.05) is 0 Å². The number of hydrogen-bond donors (Lipinski definition) is 1. The summed E-state index contributed by atoms with van der Waals surface area (Å²) in [6.45, 7) is 6.23. The molecular weight excluding hydrogens is 178 g/mol. The van der Waals surface area contributed by atoms with Crippen LogP contribution >= 0.6 is 0 Å². The van der Waals surface area contributed by atoms with Gasteiger partial charge in [0, 0.05) is 12.6 Å². The van der Waals surface area contributed by atoms with Crippen LogP contribution in [0.2, 0.25) is 0 Å². The van der Waals surface area contributed by atoms with Gasteiger partial charge in [0.2, 0.25) is 10.0 Å². The van der Waals surface area contributed by atoms with Gasteiger partial charge in [0.15, 0.2) is 0 Å². The molecule has 0 aliphatic carbocycles. The predicted molar refractivity (Wildman–Crippen MR) is 48.6 cm³/mol. The maximum absolute atomic E-state index is 11.1. The first kappa shape index (κ1) is 11.9. The molecule has 74 valence electrons. The molecular formula is C7H17NO3S. The lowest BCUT2D eigenvalue weighted by molar-refractivity contribution is 0.163. The number of rotatable bonds is 6. The van der Waals surface area contributed by atoms with Crippen LogP contribution < -0.4 is 4.72 Å². The van der Waals surface area contributed by atoms with Gasteiger partial charge in [0.25, 0.3) is 0 Å². The second kappa shape index (κ2) is 5.50.